The van der Waals surface area contributed by atoms with Crippen LogP contribution in [0.3, 0.4) is 0 Å². The van der Waals surface area contributed by atoms with Crippen LogP contribution in [0.4, 0.5) is 4.39 Å². The Kier molecular flexibility index (Phi) is 3.41. The molecule has 1 aliphatic rings. The van der Waals surface area contributed by atoms with Crippen molar-refractivity contribution in [2.45, 2.75) is 18.2 Å². The number of thiophene rings is 1. The number of hydrogen-bond acceptors (Lipinski definition) is 3. The summed E-state index contributed by atoms with van der Waals surface area (Å²) in [5.74, 6) is 2.09. The quantitative estimate of drug-likeness (QED) is 0.906. The summed E-state index contributed by atoms with van der Waals surface area (Å²) in [6.07, 6.45) is 1.15. The van der Waals surface area contributed by atoms with Gasteiger partial charge in [0.2, 0.25) is 0 Å². The minimum absolute atomic E-state index is 0.133. The maximum atomic E-state index is 12.9. The molecule has 1 atom stereocenters. The molecule has 0 spiro atoms. The highest BCUT2D eigenvalue weighted by molar-refractivity contribution is 7.98. The van der Waals surface area contributed by atoms with Crippen molar-refractivity contribution in [1.82, 2.24) is 0 Å². The molecule has 1 unspecified atom stereocenters. The highest BCUT2D eigenvalue weighted by Crippen LogP contribution is 2.35. The van der Waals surface area contributed by atoms with Crippen LogP contribution in [0.5, 0.6) is 0 Å². The molecule has 4 heteroatoms. The Morgan fingerprint density at radius 1 is 1.22 bits per heavy atom. The Balaban J connectivity index is 1.89. The van der Waals surface area contributed by atoms with Gasteiger partial charge in [-0.3, -0.25) is 0 Å². The fourth-order valence-corrected chi connectivity index (χ4v) is 4.56. The van der Waals surface area contributed by atoms with Crippen LogP contribution in [-0.2, 0) is 12.2 Å². The first-order chi connectivity index (χ1) is 8.74. The minimum atomic E-state index is -0.215. The second-order valence-corrected chi connectivity index (χ2v) is 6.70. The molecule has 0 radical (unpaired) electrons. The molecule has 94 valence electrons. The number of rotatable bonds is 2. The van der Waals surface area contributed by atoms with Crippen molar-refractivity contribution in [2.75, 3.05) is 5.75 Å². The average Bonchev–Trinajstić information content (AvgIpc) is 2.82. The zero-order valence-corrected chi connectivity index (χ0v) is 11.5. The lowest BCUT2D eigenvalue weighted by Crippen LogP contribution is -2.10. The first-order valence-electron chi connectivity index (χ1n) is 5.94. The number of thioether (sulfide) groups is 1. The van der Waals surface area contributed by atoms with Crippen molar-refractivity contribution in [3.8, 4) is 0 Å². The molecule has 1 aromatic heterocycles. The van der Waals surface area contributed by atoms with E-state index in [0.29, 0.717) is 0 Å². The van der Waals surface area contributed by atoms with E-state index in [4.69, 9.17) is 5.73 Å². The number of fused-ring (bicyclic) bond motifs is 1. The SMILES string of the molecule is NC(c1ccc(F)cc1)c1cc2c(s1)CCSC2. The van der Waals surface area contributed by atoms with E-state index in [0.717, 1.165) is 17.7 Å². The second kappa shape index (κ2) is 5.03. The Bertz CT molecular complexity index is 524. The Labute approximate surface area is 114 Å². The van der Waals surface area contributed by atoms with Gasteiger partial charge < -0.3 is 5.73 Å². The van der Waals surface area contributed by atoms with E-state index in [-0.39, 0.29) is 11.9 Å². The maximum absolute atomic E-state index is 12.9. The van der Waals surface area contributed by atoms with Crippen molar-refractivity contribution in [2.24, 2.45) is 5.73 Å². The van der Waals surface area contributed by atoms with Crippen molar-refractivity contribution >= 4 is 23.1 Å². The molecule has 0 saturated heterocycles. The first-order valence-corrected chi connectivity index (χ1v) is 7.91. The highest BCUT2D eigenvalue weighted by Gasteiger charge is 2.18. The standard InChI is InChI=1S/C14H14FNS2/c15-11-3-1-9(2-4-11)14(16)13-7-10-8-17-6-5-12(10)18-13/h1-4,7,14H,5-6,8,16H2. The highest BCUT2D eigenvalue weighted by atomic mass is 32.2. The third-order valence-corrected chi connectivity index (χ3v) is 5.51. The number of benzene rings is 1. The van der Waals surface area contributed by atoms with Crippen molar-refractivity contribution in [1.29, 1.82) is 0 Å². The van der Waals surface area contributed by atoms with E-state index in [1.807, 2.05) is 23.1 Å². The Hall–Kier alpha value is -0.840. The van der Waals surface area contributed by atoms with Gasteiger partial charge >= 0.3 is 0 Å². The number of aryl methyl sites for hydroxylation is 1. The molecule has 2 N–H and O–H groups in total. The number of hydrogen-bond donors (Lipinski definition) is 1. The predicted molar refractivity (Wildman–Crippen MR) is 76.6 cm³/mol. The number of halogens is 1. The zero-order chi connectivity index (χ0) is 12.5. The monoisotopic (exact) mass is 279 g/mol. The van der Waals surface area contributed by atoms with Crippen molar-refractivity contribution < 1.29 is 4.39 Å². The summed E-state index contributed by atoms with van der Waals surface area (Å²) in [5, 5.41) is 0. The van der Waals surface area contributed by atoms with Gasteiger partial charge in [-0.05, 0) is 41.5 Å². The maximum Gasteiger partial charge on any atom is 0.123 e. The topological polar surface area (TPSA) is 26.0 Å². The van der Waals surface area contributed by atoms with Crippen LogP contribution in [-0.4, -0.2) is 5.75 Å². The fraction of sp³-hybridized carbons (Fsp3) is 0.286. The van der Waals surface area contributed by atoms with E-state index in [1.54, 1.807) is 12.1 Å². The minimum Gasteiger partial charge on any atom is -0.320 e. The molecule has 0 fully saturated rings. The first kappa shape index (κ1) is 12.2. The van der Waals surface area contributed by atoms with Crippen LogP contribution in [0.1, 0.15) is 26.9 Å². The summed E-state index contributed by atoms with van der Waals surface area (Å²) in [7, 11) is 0. The van der Waals surface area contributed by atoms with Crippen LogP contribution in [0.25, 0.3) is 0 Å². The molecule has 0 saturated carbocycles. The molecule has 1 aliphatic heterocycles. The van der Waals surface area contributed by atoms with Crippen LogP contribution >= 0.6 is 23.1 Å². The second-order valence-electron chi connectivity index (χ2n) is 4.43. The van der Waals surface area contributed by atoms with Gasteiger partial charge in [0.25, 0.3) is 0 Å². The third kappa shape index (κ3) is 2.32. The molecule has 1 aromatic carbocycles. The van der Waals surface area contributed by atoms with E-state index in [9.17, 15) is 4.39 Å². The predicted octanol–water partition coefficient (Wildman–Crippen LogP) is 3.72. The molecule has 3 rings (SSSR count). The average molecular weight is 279 g/mol. The molecule has 2 aromatic rings. The molecule has 1 nitrogen and oxygen atoms in total. The van der Waals surface area contributed by atoms with Crippen molar-refractivity contribution in [3.05, 3.63) is 57.0 Å². The molecule has 0 amide bonds. The van der Waals surface area contributed by atoms with Gasteiger partial charge in [-0.2, -0.15) is 11.8 Å². The van der Waals surface area contributed by atoms with Gasteiger partial charge in [0.15, 0.2) is 0 Å². The lowest BCUT2D eigenvalue weighted by Gasteiger charge is -2.09. The smallest absolute Gasteiger partial charge is 0.123 e. The normalized spacial score (nSPS) is 16.3. The summed E-state index contributed by atoms with van der Waals surface area (Å²) in [6, 6.07) is 8.57. The summed E-state index contributed by atoms with van der Waals surface area (Å²) in [6.45, 7) is 0. The van der Waals surface area contributed by atoms with Gasteiger partial charge in [0.05, 0.1) is 6.04 Å². The number of nitrogens with two attached hydrogens (primary N) is 1. The van der Waals surface area contributed by atoms with Crippen molar-refractivity contribution in [3.63, 3.8) is 0 Å². The van der Waals surface area contributed by atoms with E-state index in [2.05, 4.69) is 6.07 Å². The molecule has 0 bridgehead atoms. The molecular weight excluding hydrogens is 265 g/mol. The lowest BCUT2D eigenvalue weighted by atomic mass is 10.1. The summed E-state index contributed by atoms with van der Waals surface area (Å²) < 4.78 is 12.9. The van der Waals surface area contributed by atoms with E-state index < -0.39 is 0 Å². The van der Waals surface area contributed by atoms with Crippen LogP contribution in [0.15, 0.2) is 30.3 Å². The summed E-state index contributed by atoms with van der Waals surface area (Å²) >= 11 is 3.79. The van der Waals surface area contributed by atoms with Crippen LogP contribution < -0.4 is 5.73 Å². The Morgan fingerprint density at radius 3 is 2.72 bits per heavy atom. The molecule has 0 aliphatic carbocycles. The van der Waals surface area contributed by atoms with E-state index in [1.165, 1.54) is 33.2 Å². The molecular formula is C14H14FNS2. The molecule has 18 heavy (non-hydrogen) atoms. The van der Waals surface area contributed by atoms with E-state index >= 15 is 0 Å². The summed E-state index contributed by atoms with van der Waals surface area (Å²) in [5.41, 5.74) is 8.67. The third-order valence-electron chi connectivity index (χ3n) is 3.18. The van der Waals surface area contributed by atoms with Crippen LogP contribution in [0, 0.1) is 5.82 Å². The Morgan fingerprint density at radius 2 is 2.00 bits per heavy atom. The van der Waals surface area contributed by atoms with Gasteiger partial charge in [-0.15, -0.1) is 11.3 Å². The zero-order valence-electron chi connectivity index (χ0n) is 9.86. The van der Waals surface area contributed by atoms with Crippen LogP contribution in [0.2, 0.25) is 0 Å². The largest absolute Gasteiger partial charge is 0.320 e. The lowest BCUT2D eigenvalue weighted by molar-refractivity contribution is 0.626. The van der Waals surface area contributed by atoms with Gasteiger partial charge in [0, 0.05) is 15.5 Å². The van der Waals surface area contributed by atoms with Gasteiger partial charge in [-0.25, -0.2) is 4.39 Å². The fourth-order valence-electron chi connectivity index (χ4n) is 2.16. The molecule has 2 heterocycles. The van der Waals surface area contributed by atoms with Gasteiger partial charge in [-0.1, -0.05) is 12.1 Å². The summed E-state index contributed by atoms with van der Waals surface area (Å²) in [4.78, 5) is 2.66. The van der Waals surface area contributed by atoms with Gasteiger partial charge in [0.1, 0.15) is 5.82 Å².